The van der Waals surface area contributed by atoms with Crippen molar-refractivity contribution in [2.24, 2.45) is 0 Å². The van der Waals surface area contributed by atoms with Crippen molar-refractivity contribution in [2.75, 3.05) is 18.0 Å². The van der Waals surface area contributed by atoms with Gasteiger partial charge < -0.3 is 10.0 Å². The highest BCUT2D eigenvalue weighted by Gasteiger charge is 2.15. The fraction of sp³-hybridized carbons (Fsp3) is 0.571. The smallest absolute Gasteiger partial charge is 0.0608 e. The van der Waals surface area contributed by atoms with Gasteiger partial charge in [0.05, 0.1) is 5.60 Å². The zero-order valence-electron chi connectivity index (χ0n) is 10.8. The van der Waals surface area contributed by atoms with E-state index < -0.39 is 5.60 Å². The molecule has 2 heteroatoms. The van der Waals surface area contributed by atoms with E-state index in [0.717, 1.165) is 19.5 Å². The van der Waals surface area contributed by atoms with Crippen LogP contribution in [0.5, 0.6) is 0 Å². The van der Waals surface area contributed by atoms with Crippen LogP contribution in [0.3, 0.4) is 0 Å². The number of aliphatic hydroxyl groups is 1. The van der Waals surface area contributed by atoms with E-state index in [0.29, 0.717) is 0 Å². The van der Waals surface area contributed by atoms with Gasteiger partial charge in [-0.25, -0.2) is 0 Å². The molecular weight excluding hydrogens is 198 g/mol. The Morgan fingerprint density at radius 2 is 1.88 bits per heavy atom. The average molecular weight is 221 g/mol. The van der Waals surface area contributed by atoms with E-state index in [1.54, 1.807) is 0 Å². The van der Waals surface area contributed by atoms with Gasteiger partial charge in [-0.05, 0) is 45.7 Å². The van der Waals surface area contributed by atoms with E-state index >= 15 is 0 Å². The number of anilines is 1. The maximum atomic E-state index is 9.75. The van der Waals surface area contributed by atoms with Gasteiger partial charge in [0.15, 0.2) is 0 Å². The van der Waals surface area contributed by atoms with Gasteiger partial charge in [0.25, 0.3) is 0 Å². The van der Waals surface area contributed by atoms with E-state index in [9.17, 15) is 5.11 Å². The van der Waals surface area contributed by atoms with Crippen LogP contribution >= 0.6 is 0 Å². The topological polar surface area (TPSA) is 23.5 Å². The summed E-state index contributed by atoms with van der Waals surface area (Å²) in [5, 5.41) is 9.75. The van der Waals surface area contributed by atoms with E-state index in [1.807, 2.05) is 13.8 Å². The van der Waals surface area contributed by atoms with E-state index in [1.165, 1.54) is 11.3 Å². The molecule has 0 aliphatic rings. The predicted molar refractivity (Wildman–Crippen MR) is 70.0 cm³/mol. The molecule has 0 aliphatic heterocycles. The van der Waals surface area contributed by atoms with Crippen molar-refractivity contribution in [3.8, 4) is 0 Å². The number of benzene rings is 1. The maximum Gasteiger partial charge on any atom is 0.0608 e. The fourth-order valence-corrected chi connectivity index (χ4v) is 1.78. The van der Waals surface area contributed by atoms with Gasteiger partial charge in [-0.2, -0.15) is 0 Å². The van der Waals surface area contributed by atoms with E-state index in [-0.39, 0.29) is 0 Å². The molecule has 2 nitrogen and oxygen atoms in total. The Morgan fingerprint density at radius 1 is 1.25 bits per heavy atom. The largest absolute Gasteiger partial charge is 0.390 e. The molecule has 1 rings (SSSR count). The third-order valence-corrected chi connectivity index (χ3v) is 2.83. The summed E-state index contributed by atoms with van der Waals surface area (Å²) in [6.45, 7) is 9.86. The van der Waals surface area contributed by atoms with Crippen molar-refractivity contribution in [2.45, 2.75) is 39.7 Å². The first-order valence-electron chi connectivity index (χ1n) is 5.97. The minimum absolute atomic E-state index is 0.587. The van der Waals surface area contributed by atoms with Crippen LogP contribution in [0, 0.1) is 6.92 Å². The summed E-state index contributed by atoms with van der Waals surface area (Å²) >= 11 is 0. The average Bonchev–Trinajstić information content (AvgIpc) is 2.20. The number of rotatable bonds is 5. The van der Waals surface area contributed by atoms with Crippen LogP contribution in [0.2, 0.25) is 0 Å². The molecule has 0 spiro atoms. The zero-order valence-corrected chi connectivity index (χ0v) is 10.8. The quantitative estimate of drug-likeness (QED) is 0.826. The predicted octanol–water partition coefficient (Wildman–Crippen LogP) is 2.98. The molecule has 0 aliphatic carbocycles. The first-order chi connectivity index (χ1) is 7.44. The van der Waals surface area contributed by atoms with Gasteiger partial charge >= 0.3 is 0 Å². The molecule has 0 amide bonds. The van der Waals surface area contributed by atoms with E-state index in [2.05, 4.69) is 43.0 Å². The van der Waals surface area contributed by atoms with Crippen molar-refractivity contribution >= 4 is 5.69 Å². The minimum atomic E-state index is -0.587. The Hall–Kier alpha value is -1.02. The molecule has 0 unspecified atom stereocenters. The minimum Gasteiger partial charge on any atom is -0.390 e. The summed E-state index contributed by atoms with van der Waals surface area (Å²) in [5.74, 6) is 0. The van der Waals surface area contributed by atoms with Crippen molar-refractivity contribution in [1.82, 2.24) is 0 Å². The molecule has 0 saturated carbocycles. The van der Waals surface area contributed by atoms with Crippen LogP contribution in [-0.4, -0.2) is 23.8 Å². The van der Waals surface area contributed by atoms with Crippen LogP contribution < -0.4 is 4.90 Å². The van der Waals surface area contributed by atoms with Crippen LogP contribution in [0.25, 0.3) is 0 Å². The monoisotopic (exact) mass is 221 g/mol. The third kappa shape index (κ3) is 3.86. The van der Waals surface area contributed by atoms with Crippen LogP contribution in [0.1, 0.15) is 32.8 Å². The summed E-state index contributed by atoms with van der Waals surface area (Å²) in [7, 11) is 0. The number of hydrogen-bond acceptors (Lipinski definition) is 2. The Kier molecular flexibility index (Phi) is 4.36. The van der Waals surface area contributed by atoms with Crippen molar-refractivity contribution in [3.05, 3.63) is 29.8 Å². The SMILES string of the molecule is CCN(CCC(C)(C)O)c1ccccc1C. The highest BCUT2D eigenvalue weighted by molar-refractivity contribution is 5.52. The Morgan fingerprint density at radius 3 is 2.38 bits per heavy atom. The lowest BCUT2D eigenvalue weighted by Gasteiger charge is -2.28. The second-order valence-corrected chi connectivity index (χ2v) is 4.93. The van der Waals surface area contributed by atoms with Crippen molar-refractivity contribution in [1.29, 1.82) is 0 Å². The summed E-state index contributed by atoms with van der Waals surface area (Å²) in [5.41, 5.74) is 1.98. The Bertz CT molecular complexity index is 328. The first kappa shape index (κ1) is 13.0. The molecule has 0 fully saturated rings. The molecule has 90 valence electrons. The van der Waals surface area contributed by atoms with Gasteiger partial charge in [-0.1, -0.05) is 18.2 Å². The second-order valence-electron chi connectivity index (χ2n) is 4.93. The van der Waals surface area contributed by atoms with Crippen LogP contribution in [0.15, 0.2) is 24.3 Å². The molecule has 0 radical (unpaired) electrons. The number of hydrogen-bond donors (Lipinski definition) is 1. The number of nitrogens with zero attached hydrogens (tertiary/aromatic N) is 1. The molecule has 0 heterocycles. The summed E-state index contributed by atoms with van der Waals surface area (Å²) < 4.78 is 0. The van der Waals surface area contributed by atoms with Gasteiger partial charge in [0.2, 0.25) is 0 Å². The number of aryl methyl sites for hydroxylation is 1. The summed E-state index contributed by atoms with van der Waals surface area (Å²) in [6, 6.07) is 8.39. The highest BCUT2D eigenvalue weighted by Crippen LogP contribution is 2.20. The van der Waals surface area contributed by atoms with Gasteiger partial charge in [0, 0.05) is 18.8 Å². The Balaban J connectivity index is 2.72. The molecule has 16 heavy (non-hydrogen) atoms. The molecule has 0 bridgehead atoms. The summed E-state index contributed by atoms with van der Waals surface area (Å²) in [4.78, 5) is 2.31. The van der Waals surface area contributed by atoms with Crippen molar-refractivity contribution in [3.63, 3.8) is 0 Å². The first-order valence-corrected chi connectivity index (χ1v) is 5.97. The van der Waals surface area contributed by atoms with Crippen molar-refractivity contribution < 1.29 is 5.11 Å². The molecule has 0 aromatic heterocycles. The lowest BCUT2D eigenvalue weighted by Crippen LogP contribution is -2.31. The molecule has 0 atom stereocenters. The van der Waals surface area contributed by atoms with Crippen LogP contribution in [0.4, 0.5) is 5.69 Å². The molecule has 0 saturated heterocycles. The van der Waals surface area contributed by atoms with Gasteiger partial charge in [-0.15, -0.1) is 0 Å². The Labute approximate surface area is 98.9 Å². The molecule has 1 aromatic rings. The molecular formula is C14H23NO. The van der Waals surface area contributed by atoms with Crippen LogP contribution in [-0.2, 0) is 0 Å². The molecule has 1 N–H and O–H groups in total. The highest BCUT2D eigenvalue weighted by atomic mass is 16.3. The van der Waals surface area contributed by atoms with Gasteiger partial charge in [-0.3, -0.25) is 0 Å². The second kappa shape index (κ2) is 5.35. The maximum absolute atomic E-state index is 9.75. The lowest BCUT2D eigenvalue weighted by atomic mass is 10.0. The third-order valence-electron chi connectivity index (χ3n) is 2.83. The summed E-state index contributed by atoms with van der Waals surface area (Å²) in [6.07, 6.45) is 0.787. The zero-order chi connectivity index (χ0) is 12.2. The lowest BCUT2D eigenvalue weighted by molar-refractivity contribution is 0.0731. The van der Waals surface area contributed by atoms with E-state index in [4.69, 9.17) is 0 Å². The number of para-hydroxylation sites is 1. The normalized spacial score (nSPS) is 11.6. The standard InChI is InChI=1S/C14H23NO/c1-5-15(11-10-14(3,4)16)13-9-7-6-8-12(13)2/h6-9,16H,5,10-11H2,1-4H3. The molecule has 1 aromatic carbocycles. The van der Waals surface area contributed by atoms with Gasteiger partial charge in [0.1, 0.15) is 0 Å². The fourth-order valence-electron chi connectivity index (χ4n) is 1.78.